The van der Waals surface area contributed by atoms with Crippen molar-refractivity contribution in [1.82, 2.24) is 0 Å². The molecule has 0 saturated carbocycles. The molecule has 1 aliphatic rings. The van der Waals surface area contributed by atoms with Crippen LogP contribution < -0.4 is 0 Å². The summed E-state index contributed by atoms with van der Waals surface area (Å²) in [7, 11) is 0. The smallest absolute Gasteiger partial charge is 0.123 e. The van der Waals surface area contributed by atoms with E-state index in [0.717, 1.165) is 31.3 Å². The molecule has 3 N–H and O–H groups in total. The fourth-order valence-corrected chi connectivity index (χ4v) is 3.65. The number of rotatable bonds is 6. The van der Waals surface area contributed by atoms with Gasteiger partial charge in [-0.2, -0.15) is 0 Å². The molecule has 0 saturated heterocycles. The first kappa shape index (κ1) is 18.6. The van der Waals surface area contributed by atoms with Crippen LogP contribution in [0.15, 0.2) is 35.9 Å². The number of phenolic OH excluding ortho intramolecular Hbond substituents is 2. The van der Waals surface area contributed by atoms with Gasteiger partial charge in [-0.05, 0) is 56.7 Å². The summed E-state index contributed by atoms with van der Waals surface area (Å²) in [5, 5.41) is 31.3. The van der Waals surface area contributed by atoms with Crippen LogP contribution in [-0.4, -0.2) is 15.3 Å². The minimum absolute atomic E-state index is 0.0581. The summed E-state index contributed by atoms with van der Waals surface area (Å²) in [5.74, 6) is 0.255. The predicted molar refractivity (Wildman–Crippen MR) is 98.3 cm³/mol. The summed E-state index contributed by atoms with van der Waals surface area (Å²) in [6.07, 6.45) is 6.00. The molecule has 3 nitrogen and oxygen atoms in total. The van der Waals surface area contributed by atoms with Crippen LogP contribution in [0.25, 0.3) is 0 Å². The maximum absolute atomic E-state index is 10.6. The van der Waals surface area contributed by atoms with Crippen LogP contribution in [0, 0.1) is 5.92 Å². The lowest BCUT2D eigenvalue weighted by molar-refractivity contribution is 0.163. The Kier molecular flexibility index (Phi) is 6.11. The first-order valence-electron chi connectivity index (χ1n) is 8.91. The fraction of sp³-hybridized carbons (Fsp3) is 0.524. The standard InChI is InChI=1S/C21H30O3/c1-5-6-7-18(22)15-11-19(23)21(20(24)12-15)17-10-14(4)8-9-16(17)13(2)3/h10-12,16-18,22-24H,2,5-9H2,1,3-4H3/t16-,17+,18?/m0/s1. The van der Waals surface area contributed by atoms with Crippen molar-refractivity contribution in [2.24, 2.45) is 5.92 Å². The van der Waals surface area contributed by atoms with E-state index in [1.54, 1.807) is 12.1 Å². The molecule has 24 heavy (non-hydrogen) atoms. The van der Waals surface area contributed by atoms with Crippen molar-refractivity contribution in [1.29, 1.82) is 0 Å². The second-order valence-corrected chi connectivity index (χ2v) is 7.16. The number of benzene rings is 1. The Hall–Kier alpha value is -1.74. The van der Waals surface area contributed by atoms with Crippen molar-refractivity contribution in [3.63, 3.8) is 0 Å². The first-order valence-corrected chi connectivity index (χ1v) is 8.91. The van der Waals surface area contributed by atoms with Gasteiger partial charge in [0, 0.05) is 11.5 Å². The lowest BCUT2D eigenvalue weighted by Gasteiger charge is -2.31. The molecule has 132 valence electrons. The van der Waals surface area contributed by atoms with Crippen molar-refractivity contribution in [3.8, 4) is 11.5 Å². The normalized spacial score (nSPS) is 22.1. The highest BCUT2D eigenvalue weighted by Gasteiger charge is 2.30. The molecule has 1 unspecified atom stereocenters. The van der Waals surface area contributed by atoms with Gasteiger partial charge < -0.3 is 15.3 Å². The molecule has 2 rings (SSSR count). The van der Waals surface area contributed by atoms with Crippen LogP contribution in [0.4, 0.5) is 0 Å². The van der Waals surface area contributed by atoms with Crippen molar-refractivity contribution in [2.75, 3.05) is 0 Å². The van der Waals surface area contributed by atoms with Crippen LogP contribution >= 0.6 is 0 Å². The number of aliphatic hydroxyl groups excluding tert-OH is 1. The molecular weight excluding hydrogens is 300 g/mol. The van der Waals surface area contributed by atoms with Crippen molar-refractivity contribution < 1.29 is 15.3 Å². The third-order valence-corrected chi connectivity index (χ3v) is 5.09. The summed E-state index contributed by atoms with van der Waals surface area (Å²) in [6.45, 7) is 10.2. The number of aromatic hydroxyl groups is 2. The molecule has 1 aromatic carbocycles. The largest absolute Gasteiger partial charge is 0.507 e. The maximum Gasteiger partial charge on any atom is 0.123 e. The van der Waals surface area contributed by atoms with Gasteiger partial charge in [0.2, 0.25) is 0 Å². The number of unbranched alkanes of at least 4 members (excludes halogenated alkanes) is 1. The predicted octanol–water partition coefficient (Wildman–Crippen LogP) is 5.34. The third-order valence-electron chi connectivity index (χ3n) is 5.09. The van der Waals surface area contributed by atoms with Gasteiger partial charge in [-0.15, -0.1) is 0 Å². The SMILES string of the molecule is C=C(C)[C@@H]1CCC(C)=C[C@H]1c1c(O)cc(C(O)CCCC)cc1O. The average molecular weight is 330 g/mol. The summed E-state index contributed by atoms with van der Waals surface area (Å²) in [4.78, 5) is 0. The van der Waals surface area contributed by atoms with E-state index in [-0.39, 0.29) is 23.3 Å². The topological polar surface area (TPSA) is 60.7 Å². The Labute approximate surface area is 145 Å². The molecule has 3 atom stereocenters. The number of allylic oxidation sites excluding steroid dienone is 3. The van der Waals surface area contributed by atoms with Crippen LogP contribution in [0.5, 0.6) is 11.5 Å². The van der Waals surface area contributed by atoms with E-state index in [4.69, 9.17) is 0 Å². The van der Waals surface area contributed by atoms with Crippen LogP contribution in [0.3, 0.4) is 0 Å². The maximum atomic E-state index is 10.6. The molecule has 0 radical (unpaired) electrons. The van der Waals surface area contributed by atoms with Gasteiger partial charge in [-0.25, -0.2) is 0 Å². The molecule has 3 heteroatoms. The summed E-state index contributed by atoms with van der Waals surface area (Å²) in [5.41, 5.74) is 3.46. The minimum Gasteiger partial charge on any atom is -0.507 e. The number of hydrogen-bond acceptors (Lipinski definition) is 3. The molecule has 0 spiro atoms. The second kappa shape index (κ2) is 7.89. The molecule has 0 amide bonds. The minimum atomic E-state index is -0.656. The van der Waals surface area contributed by atoms with E-state index in [1.807, 2.05) is 6.92 Å². The lowest BCUT2D eigenvalue weighted by Crippen LogP contribution is -2.17. The monoisotopic (exact) mass is 330 g/mol. The molecular formula is C21H30O3. The quantitative estimate of drug-likeness (QED) is 0.617. The van der Waals surface area contributed by atoms with E-state index < -0.39 is 6.10 Å². The van der Waals surface area contributed by atoms with E-state index in [9.17, 15) is 15.3 Å². The molecule has 0 aliphatic heterocycles. The Bertz CT molecular complexity index is 607. The van der Waals surface area contributed by atoms with E-state index >= 15 is 0 Å². The van der Waals surface area contributed by atoms with Gasteiger partial charge in [0.25, 0.3) is 0 Å². The highest BCUT2D eigenvalue weighted by atomic mass is 16.3. The van der Waals surface area contributed by atoms with Gasteiger partial charge in [0.1, 0.15) is 11.5 Å². The van der Waals surface area contributed by atoms with Gasteiger partial charge in [-0.3, -0.25) is 0 Å². The second-order valence-electron chi connectivity index (χ2n) is 7.16. The fourth-order valence-electron chi connectivity index (χ4n) is 3.65. The Morgan fingerprint density at radius 3 is 2.46 bits per heavy atom. The zero-order valence-corrected chi connectivity index (χ0v) is 15.0. The van der Waals surface area contributed by atoms with E-state index in [0.29, 0.717) is 17.5 Å². The van der Waals surface area contributed by atoms with Crippen LogP contribution in [0.2, 0.25) is 0 Å². The molecule has 1 aliphatic carbocycles. The molecule has 0 heterocycles. The van der Waals surface area contributed by atoms with Gasteiger partial charge >= 0.3 is 0 Å². The zero-order chi connectivity index (χ0) is 17.9. The first-order chi connectivity index (χ1) is 11.3. The molecule has 0 bridgehead atoms. The van der Waals surface area contributed by atoms with Gasteiger partial charge in [0.15, 0.2) is 0 Å². The highest BCUT2D eigenvalue weighted by Crippen LogP contribution is 2.47. The Morgan fingerprint density at radius 2 is 1.92 bits per heavy atom. The van der Waals surface area contributed by atoms with Gasteiger partial charge in [-0.1, -0.05) is 43.6 Å². The van der Waals surface area contributed by atoms with Crippen LogP contribution in [-0.2, 0) is 0 Å². The summed E-state index contributed by atoms with van der Waals surface area (Å²) < 4.78 is 0. The number of aliphatic hydroxyl groups is 1. The Balaban J connectivity index is 2.39. The van der Waals surface area contributed by atoms with E-state index in [1.165, 1.54) is 5.57 Å². The van der Waals surface area contributed by atoms with E-state index in [2.05, 4.69) is 26.5 Å². The van der Waals surface area contributed by atoms with Gasteiger partial charge in [0.05, 0.1) is 6.10 Å². The number of hydrogen-bond donors (Lipinski definition) is 3. The average Bonchev–Trinajstić information content (AvgIpc) is 2.51. The van der Waals surface area contributed by atoms with Crippen LogP contribution in [0.1, 0.15) is 76.0 Å². The Morgan fingerprint density at radius 1 is 1.29 bits per heavy atom. The molecule has 0 aromatic heterocycles. The molecule has 0 fully saturated rings. The molecule has 1 aromatic rings. The highest BCUT2D eigenvalue weighted by molar-refractivity contribution is 5.52. The zero-order valence-electron chi connectivity index (χ0n) is 15.0. The summed E-state index contributed by atoms with van der Waals surface area (Å²) >= 11 is 0. The van der Waals surface area contributed by atoms with Crippen molar-refractivity contribution >= 4 is 0 Å². The summed E-state index contributed by atoms with van der Waals surface area (Å²) in [6, 6.07) is 3.20. The third kappa shape index (κ3) is 4.02. The lowest BCUT2D eigenvalue weighted by atomic mass is 9.73. The van der Waals surface area contributed by atoms with Crippen molar-refractivity contribution in [3.05, 3.63) is 47.1 Å². The van der Waals surface area contributed by atoms with Crippen molar-refractivity contribution in [2.45, 2.75) is 64.9 Å². The number of phenols is 2.